The van der Waals surface area contributed by atoms with Crippen molar-refractivity contribution in [2.75, 3.05) is 38.3 Å². The molecular weight excluding hydrogens is 501 g/mol. The summed E-state index contributed by atoms with van der Waals surface area (Å²) < 4.78 is 50.8. The molecule has 0 spiro atoms. The number of rotatable bonds is 6. The number of ether oxygens (including phenoxy) is 2. The molecule has 3 aliphatic heterocycles. The van der Waals surface area contributed by atoms with E-state index in [2.05, 4.69) is 10.3 Å². The van der Waals surface area contributed by atoms with E-state index in [0.29, 0.717) is 57.7 Å². The number of fused-ring (bicyclic) bond motifs is 2. The van der Waals surface area contributed by atoms with Gasteiger partial charge in [-0.3, -0.25) is 9.78 Å². The second-order valence-corrected chi connectivity index (χ2v) is 11.9. The molecule has 6 atom stereocenters. The summed E-state index contributed by atoms with van der Waals surface area (Å²) >= 11 is 0. The molecule has 1 amide bonds. The van der Waals surface area contributed by atoms with Crippen molar-refractivity contribution in [2.24, 2.45) is 5.41 Å². The number of methoxy groups -OCH3 is 1. The highest BCUT2D eigenvalue weighted by molar-refractivity contribution is 5.86. The number of halogens is 3. The van der Waals surface area contributed by atoms with Crippen LogP contribution < -0.4 is 10.2 Å². The lowest BCUT2D eigenvalue weighted by atomic mass is 9.59. The van der Waals surface area contributed by atoms with E-state index in [4.69, 9.17) is 9.47 Å². The van der Waals surface area contributed by atoms with Crippen LogP contribution in [0.5, 0.6) is 0 Å². The molecule has 1 aromatic heterocycles. The fraction of sp³-hybridized carbons (Fsp3) is 0.778. The van der Waals surface area contributed by atoms with Gasteiger partial charge in [-0.1, -0.05) is 0 Å². The SMILES string of the molecule is CO[C@@H]1COCC[C@@H]1N[C@@H]1CC[C@@](C(=O)N2C[C@H]3C[C@H]2CN3c2ccnc(C(F)(F)F)c2)(C2(O)CCC2)C1. The van der Waals surface area contributed by atoms with Gasteiger partial charge in [-0.15, -0.1) is 0 Å². The number of hydrogen-bond acceptors (Lipinski definition) is 7. The highest BCUT2D eigenvalue weighted by Crippen LogP contribution is 2.57. The van der Waals surface area contributed by atoms with Crippen molar-refractivity contribution in [1.29, 1.82) is 0 Å². The van der Waals surface area contributed by atoms with Gasteiger partial charge < -0.3 is 29.7 Å². The maximum atomic E-state index is 14.3. The molecule has 6 rings (SSSR count). The lowest BCUT2D eigenvalue weighted by molar-refractivity contribution is -0.178. The number of carbonyl (C=O) groups is 1. The van der Waals surface area contributed by atoms with Gasteiger partial charge >= 0.3 is 6.18 Å². The normalized spacial score (nSPS) is 36.5. The van der Waals surface area contributed by atoms with E-state index in [0.717, 1.165) is 31.7 Å². The number of nitrogens with zero attached hydrogens (tertiary/aromatic N) is 3. The van der Waals surface area contributed by atoms with Crippen LogP contribution in [0.15, 0.2) is 18.3 Å². The first-order valence-corrected chi connectivity index (χ1v) is 13.8. The molecule has 0 unspecified atom stereocenters. The molecule has 8 nitrogen and oxygen atoms in total. The summed E-state index contributed by atoms with van der Waals surface area (Å²) in [6.45, 7) is 2.18. The minimum atomic E-state index is -4.50. The predicted octanol–water partition coefficient (Wildman–Crippen LogP) is 2.74. The largest absolute Gasteiger partial charge is 0.433 e. The Bertz CT molecular complexity index is 1050. The molecule has 0 radical (unpaired) electrons. The van der Waals surface area contributed by atoms with Gasteiger partial charge in [0.05, 0.1) is 29.8 Å². The first-order valence-electron chi connectivity index (χ1n) is 13.8. The van der Waals surface area contributed by atoms with Crippen molar-refractivity contribution in [2.45, 2.75) is 93.4 Å². The molecular formula is C27H37F3N4O4. The van der Waals surface area contributed by atoms with Crippen molar-refractivity contribution in [3.63, 3.8) is 0 Å². The number of anilines is 1. The van der Waals surface area contributed by atoms with E-state index in [-0.39, 0.29) is 36.2 Å². The zero-order chi connectivity index (χ0) is 26.7. The van der Waals surface area contributed by atoms with Crippen LogP contribution in [-0.2, 0) is 20.4 Å². The quantitative estimate of drug-likeness (QED) is 0.576. The number of hydrogen-bond donors (Lipinski definition) is 2. The average molecular weight is 539 g/mol. The summed E-state index contributed by atoms with van der Waals surface area (Å²) in [7, 11) is 1.69. The van der Waals surface area contributed by atoms with Crippen LogP contribution in [0.3, 0.4) is 0 Å². The topological polar surface area (TPSA) is 87.2 Å². The number of nitrogens with one attached hydrogen (secondary N) is 1. The van der Waals surface area contributed by atoms with Gasteiger partial charge in [-0.05, 0) is 63.5 Å². The molecule has 0 aromatic carbocycles. The van der Waals surface area contributed by atoms with E-state index in [9.17, 15) is 23.1 Å². The first-order chi connectivity index (χ1) is 18.1. The second kappa shape index (κ2) is 9.60. The molecule has 11 heteroatoms. The summed E-state index contributed by atoms with van der Waals surface area (Å²) in [6.07, 6.45) is 2.46. The Hall–Kier alpha value is -1.95. The van der Waals surface area contributed by atoms with Crippen LogP contribution in [0.1, 0.15) is 57.1 Å². The fourth-order valence-corrected chi connectivity index (χ4v) is 7.69. The molecule has 4 heterocycles. The Kier molecular flexibility index (Phi) is 6.64. The molecule has 2 N–H and O–H groups in total. The molecule has 2 saturated carbocycles. The number of amides is 1. The summed E-state index contributed by atoms with van der Waals surface area (Å²) in [6, 6.07) is 2.86. The van der Waals surface area contributed by atoms with E-state index in [1.54, 1.807) is 13.2 Å². The van der Waals surface area contributed by atoms with Crippen molar-refractivity contribution in [3.05, 3.63) is 24.0 Å². The number of likely N-dealkylation sites (tertiary alicyclic amines) is 1. The number of alkyl halides is 3. The second-order valence-electron chi connectivity index (χ2n) is 11.9. The zero-order valence-electron chi connectivity index (χ0n) is 21.8. The molecule has 1 aromatic rings. The van der Waals surface area contributed by atoms with E-state index >= 15 is 0 Å². The van der Waals surface area contributed by atoms with Gasteiger partial charge in [-0.25, -0.2) is 0 Å². The Labute approximate surface area is 220 Å². The number of pyridine rings is 1. The summed E-state index contributed by atoms with van der Waals surface area (Å²) in [5.41, 5.74) is -2.23. The molecule has 2 bridgehead atoms. The Morgan fingerprint density at radius 2 is 2.05 bits per heavy atom. The maximum absolute atomic E-state index is 14.3. The predicted molar refractivity (Wildman–Crippen MR) is 133 cm³/mol. The molecule has 210 valence electrons. The van der Waals surface area contributed by atoms with Gasteiger partial charge in [0, 0.05) is 56.8 Å². The number of aliphatic hydroxyl groups is 1. The summed E-state index contributed by atoms with van der Waals surface area (Å²) in [5.74, 6) is 0.0251. The van der Waals surface area contributed by atoms with Crippen LogP contribution in [0, 0.1) is 5.41 Å². The zero-order valence-corrected chi connectivity index (χ0v) is 21.8. The van der Waals surface area contributed by atoms with Gasteiger partial charge in [0.15, 0.2) is 0 Å². The molecule has 5 fully saturated rings. The maximum Gasteiger partial charge on any atom is 0.433 e. The third-order valence-electron chi connectivity index (χ3n) is 9.92. The van der Waals surface area contributed by atoms with Crippen molar-refractivity contribution in [3.8, 4) is 0 Å². The van der Waals surface area contributed by atoms with Gasteiger partial charge in [0.25, 0.3) is 0 Å². The molecule has 38 heavy (non-hydrogen) atoms. The minimum Gasteiger partial charge on any atom is -0.389 e. The summed E-state index contributed by atoms with van der Waals surface area (Å²) in [4.78, 5) is 21.7. The van der Waals surface area contributed by atoms with Crippen LogP contribution >= 0.6 is 0 Å². The molecule has 5 aliphatic rings. The third kappa shape index (κ3) is 4.30. The number of piperazine rings is 1. The van der Waals surface area contributed by atoms with E-state index < -0.39 is 22.9 Å². The Balaban J connectivity index is 1.17. The smallest absolute Gasteiger partial charge is 0.389 e. The minimum absolute atomic E-state index is 0.0251. The van der Waals surface area contributed by atoms with E-state index in [1.165, 1.54) is 6.20 Å². The first kappa shape index (κ1) is 26.3. The third-order valence-corrected chi connectivity index (χ3v) is 9.92. The van der Waals surface area contributed by atoms with E-state index in [1.807, 2.05) is 9.80 Å². The van der Waals surface area contributed by atoms with Gasteiger partial charge in [-0.2, -0.15) is 13.2 Å². The van der Waals surface area contributed by atoms with Crippen molar-refractivity contribution in [1.82, 2.24) is 15.2 Å². The molecule has 2 aliphatic carbocycles. The summed E-state index contributed by atoms with van der Waals surface area (Å²) in [5, 5.41) is 15.4. The van der Waals surface area contributed by atoms with Crippen molar-refractivity contribution >= 4 is 11.6 Å². The van der Waals surface area contributed by atoms with Gasteiger partial charge in [0.2, 0.25) is 5.91 Å². The lowest BCUT2D eigenvalue weighted by Crippen LogP contribution is -2.63. The lowest BCUT2D eigenvalue weighted by Gasteiger charge is -2.52. The standard InChI is InChI=1S/C27H37F3N4O4/c1-37-22-16-38-10-5-21(22)32-17-3-8-25(13-17,26(36)6-2-7-26)24(35)34-15-19-11-20(34)14-33(19)18-4-9-31-23(12-18)27(28,29)30/h4,9,12,17,19-22,32,36H,2-3,5-8,10-11,13-16H2,1H3/t17-,19-,20+,21+,22-,25-/m1/s1. The monoisotopic (exact) mass is 538 g/mol. The van der Waals surface area contributed by atoms with Crippen LogP contribution in [-0.4, -0.2) is 90.2 Å². The van der Waals surface area contributed by atoms with Crippen LogP contribution in [0.2, 0.25) is 0 Å². The van der Waals surface area contributed by atoms with Crippen molar-refractivity contribution < 1.29 is 32.5 Å². The number of aromatic nitrogens is 1. The highest BCUT2D eigenvalue weighted by Gasteiger charge is 2.64. The fourth-order valence-electron chi connectivity index (χ4n) is 7.69. The average Bonchev–Trinajstić information content (AvgIpc) is 3.62. The van der Waals surface area contributed by atoms with Crippen LogP contribution in [0.25, 0.3) is 0 Å². The Morgan fingerprint density at radius 1 is 1.24 bits per heavy atom. The van der Waals surface area contributed by atoms with Crippen LogP contribution in [0.4, 0.5) is 18.9 Å². The van der Waals surface area contributed by atoms with Gasteiger partial charge in [0.1, 0.15) is 5.69 Å². The molecule has 3 saturated heterocycles. The number of carbonyl (C=O) groups excluding carboxylic acids is 1. The Morgan fingerprint density at radius 3 is 2.71 bits per heavy atom. The highest BCUT2D eigenvalue weighted by atomic mass is 19.4.